The maximum Gasteiger partial charge on any atom is 0.240 e. The third-order valence-corrected chi connectivity index (χ3v) is 7.62. The predicted molar refractivity (Wildman–Crippen MR) is 112 cm³/mol. The van der Waals surface area contributed by atoms with Crippen LogP contribution in [0, 0.1) is 5.41 Å². The number of carbonyl (C=O) groups excluding carboxylic acids is 1. The molecule has 6 heteroatoms. The Balaban J connectivity index is 0.00000261. The van der Waals surface area contributed by atoms with Crippen LogP contribution < -0.4 is 11.1 Å². The van der Waals surface area contributed by atoms with Crippen LogP contribution >= 0.6 is 12.4 Å². The van der Waals surface area contributed by atoms with Crippen molar-refractivity contribution in [1.29, 1.82) is 0 Å². The van der Waals surface area contributed by atoms with Crippen molar-refractivity contribution < 1.29 is 9.53 Å². The first-order valence-corrected chi connectivity index (χ1v) is 10.8. The average molecular weight is 402 g/mol. The van der Waals surface area contributed by atoms with E-state index in [9.17, 15) is 4.79 Å². The van der Waals surface area contributed by atoms with Crippen molar-refractivity contribution in [1.82, 2.24) is 10.2 Å². The molecular formula is C21H40ClN3O2. The standard InChI is InChI=1S/C21H39N3O2.ClH/c1-4-26-17-15-21(22,19(17,2)3)18(25)23-16-20(11-7-5-8-12-20)24-13-9-6-10-14-24;/h17H,4-16,22H2,1-3H3,(H,23,25);1H. The van der Waals surface area contributed by atoms with Gasteiger partial charge in [0.25, 0.3) is 0 Å². The molecular weight excluding hydrogens is 362 g/mol. The molecule has 1 amide bonds. The van der Waals surface area contributed by atoms with Crippen molar-refractivity contribution in [2.75, 3.05) is 26.2 Å². The molecule has 3 aliphatic rings. The number of ether oxygens (including phenoxy) is 1. The van der Waals surface area contributed by atoms with Gasteiger partial charge in [-0.3, -0.25) is 9.69 Å². The van der Waals surface area contributed by atoms with E-state index in [0.717, 1.165) is 6.54 Å². The van der Waals surface area contributed by atoms with Crippen molar-refractivity contribution in [2.45, 2.75) is 95.7 Å². The molecule has 1 saturated heterocycles. The number of halogens is 1. The molecule has 158 valence electrons. The summed E-state index contributed by atoms with van der Waals surface area (Å²) in [4.78, 5) is 15.7. The smallest absolute Gasteiger partial charge is 0.240 e. The Morgan fingerprint density at radius 1 is 1.11 bits per heavy atom. The summed E-state index contributed by atoms with van der Waals surface area (Å²) in [6.07, 6.45) is 10.9. The first-order chi connectivity index (χ1) is 12.4. The number of carbonyl (C=O) groups is 1. The average Bonchev–Trinajstić information content (AvgIpc) is 2.67. The third kappa shape index (κ3) is 4.17. The summed E-state index contributed by atoms with van der Waals surface area (Å²) >= 11 is 0. The Morgan fingerprint density at radius 3 is 2.26 bits per heavy atom. The summed E-state index contributed by atoms with van der Waals surface area (Å²) < 4.78 is 5.78. The molecule has 1 heterocycles. The van der Waals surface area contributed by atoms with E-state index >= 15 is 0 Å². The maximum atomic E-state index is 13.1. The monoisotopic (exact) mass is 401 g/mol. The largest absolute Gasteiger partial charge is 0.378 e. The van der Waals surface area contributed by atoms with E-state index in [0.29, 0.717) is 13.0 Å². The summed E-state index contributed by atoms with van der Waals surface area (Å²) in [7, 11) is 0. The van der Waals surface area contributed by atoms with E-state index in [-0.39, 0.29) is 35.4 Å². The van der Waals surface area contributed by atoms with Crippen LogP contribution in [0.25, 0.3) is 0 Å². The summed E-state index contributed by atoms with van der Waals surface area (Å²) in [5.41, 5.74) is 5.59. The number of rotatable bonds is 6. The zero-order chi connectivity index (χ0) is 18.8. The normalized spacial score (nSPS) is 32.8. The van der Waals surface area contributed by atoms with Gasteiger partial charge < -0.3 is 15.8 Å². The van der Waals surface area contributed by atoms with Gasteiger partial charge in [-0.1, -0.05) is 39.5 Å². The minimum atomic E-state index is -0.815. The highest BCUT2D eigenvalue weighted by Gasteiger charge is 2.63. The Hall–Kier alpha value is -0.360. The van der Waals surface area contributed by atoms with Crippen molar-refractivity contribution in [3.05, 3.63) is 0 Å². The lowest BCUT2D eigenvalue weighted by atomic mass is 9.54. The first kappa shape index (κ1) is 22.9. The quantitative estimate of drug-likeness (QED) is 0.716. The number of nitrogens with one attached hydrogen (secondary N) is 1. The number of amides is 1. The highest BCUT2D eigenvalue weighted by atomic mass is 35.5. The number of nitrogens with zero attached hydrogens (tertiary/aromatic N) is 1. The fourth-order valence-electron chi connectivity index (χ4n) is 5.41. The van der Waals surface area contributed by atoms with E-state index in [4.69, 9.17) is 10.5 Å². The van der Waals surface area contributed by atoms with Crippen LogP contribution in [0.4, 0.5) is 0 Å². The molecule has 2 saturated carbocycles. The van der Waals surface area contributed by atoms with Gasteiger partial charge in [0, 0.05) is 30.5 Å². The van der Waals surface area contributed by atoms with Gasteiger partial charge in [-0.05, 0) is 45.7 Å². The van der Waals surface area contributed by atoms with Crippen molar-refractivity contribution in [2.24, 2.45) is 11.1 Å². The fraction of sp³-hybridized carbons (Fsp3) is 0.952. The van der Waals surface area contributed by atoms with Gasteiger partial charge in [-0.15, -0.1) is 12.4 Å². The lowest BCUT2D eigenvalue weighted by Crippen LogP contribution is -2.76. The minimum Gasteiger partial charge on any atom is -0.378 e. The van der Waals surface area contributed by atoms with E-state index in [1.807, 2.05) is 6.92 Å². The lowest BCUT2D eigenvalue weighted by molar-refractivity contribution is -0.171. The molecule has 27 heavy (non-hydrogen) atoms. The third-order valence-electron chi connectivity index (χ3n) is 7.62. The molecule has 0 aromatic heterocycles. The van der Waals surface area contributed by atoms with Crippen LogP contribution in [-0.2, 0) is 9.53 Å². The van der Waals surface area contributed by atoms with Crippen LogP contribution in [0.3, 0.4) is 0 Å². The van der Waals surface area contributed by atoms with Gasteiger partial charge in [-0.25, -0.2) is 0 Å². The molecule has 5 nitrogen and oxygen atoms in total. The molecule has 2 aliphatic carbocycles. The Bertz CT molecular complexity index is 502. The van der Waals surface area contributed by atoms with Gasteiger partial charge in [0.05, 0.1) is 6.10 Å². The molecule has 0 aromatic rings. The van der Waals surface area contributed by atoms with Gasteiger partial charge in [0.2, 0.25) is 5.91 Å². The van der Waals surface area contributed by atoms with E-state index in [2.05, 4.69) is 24.1 Å². The van der Waals surface area contributed by atoms with Crippen LogP contribution in [0.15, 0.2) is 0 Å². The highest BCUT2D eigenvalue weighted by Crippen LogP contribution is 2.50. The molecule has 0 radical (unpaired) electrons. The second kappa shape index (κ2) is 8.98. The number of likely N-dealkylation sites (tertiary alicyclic amines) is 1. The molecule has 2 unspecified atom stereocenters. The Kier molecular flexibility index (Phi) is 7.62. The number of hydrogen-bond acceptors (Lipinski definition) is 4. The number of piperidine rings is 1. The molecule has 3 fully saturated rings. The van der Waals surface area contributed by atoms with Gasteiger partial charge in [0.1, 0.15) is 5.54 Å². The fourth-order valence-corrected chi connectivity index (χ4v) is 5.41. The van der Waals surface area contributed by atoms with E-state index in [1.165, 1.54) is 64.5 Å². The van der Waals surface area contributed by atoms with Crippen molar-refractivity contribution >= 4 is 18.3 Å². The van der Waals surface area contributed by atoms with E-state index in [1.54, 1.807) is 0 Å². The molecule has 3 rings (SSSR count). The predicted octanol–water partition coefficient (Wildman–Crippen LogP) is 3.25. The maximum absolute atomic E-state index is 13.1. The van der Waals surface area contributed by atoms with Gasteiger partial charge >= 0.3 is 0 Å². The van der Waals surface area contributed by atoms with Crippen LogP contribution in [0.1, 0.15) is 78.6 Å². The topological polar surface area (TPSA) is 67.6 Å². The number of nitrogens with two attached hydrogens (primary N) is 1. The second-order valence-electron chi connectivity index (χ2n) is 9.36. The highest BCUT2D eigenvalue weighted by molar-refractivity contribution is 5.88. The minimum absolute atomic E-state index is 0. The Morgan fingerprint density at radius 2 is 1.70 bits per heavy atom. The van der Waals surface area contributed by atoms with Crippen molar-refractivity contribution in [3.63, 3.8) is 0 Å². The summed E-state index contributed by atoms with van der Waals surface area (Å²) in [5, 5.41) is 3.29. The van der Waals surface area contributed by atoms with Crippen LogP contribution in [-0.4, -0.2) is 54.2 Å². The molecule has 2 atom stereocenters. The van der Waals surface area contributed by atoms with Gasteiger partial charge in [-0.2, -0.15) is 0 Å². The summed E-state index contributed by atoms with van der Waals surface area (Å²) in [6.45, 7) is 9.92. The summed E-state index contributed by atoms with van der Waals surface area (Å²) in [5.74, 6) is 0.0143. The zero-order valence-electron chi connectivity index (χ0n) is 17.5. The molecule has 3 N–H and O–H groups in total. The van der Waals surface area contributed by atoms with Crippen LogP contribution in [0.2, 0.25) is 0 Å². The van der Waals surface area contributed by atoms with Gasteiger partial charge in [0.15, 0.2) is 0 Å². The molecule has 0 aromatic carbocycles. The zero-order valence-corrected chi connectivity index (χ0v) is 18.3. The second-order valence-corrected chi connectivity index (χ2v) is 9.36. The molecule has 1 aliphatic heterocycles. The first-order valence-electron chi connectivity index (χ1n) is 10.8. The molecule has 0 bridgehead atoms. The van der Waals surface area contributed by atoms with E-state index < -0.39 is 5.54 Å². The molecule has 0 spiro atoms. The van der Waals surface area contributed by atoms with Crippen LogP contribution in [0.5, 0.6) is 0 Å². The SMILES string of the molecule is CCOC1CC(N)(C(=O)NCC2(N3CCCCC3)CCCCC2)C1(C)C.Cl. The van der Waals surface area contributed by atoms with Crippen molar-refractivity contribution in [3.8, 4) is 0 Å². The lowest BCUT2D eigenvalue weighted by Gasteiger charge is -2.58. The number of hydrogen-bond donors (Lipinski definition) is 2. The summed E-state index contributed by atoms with van der Waals surface area (Å²) in [6, 6.07) is 0. The Labute approximate surface area is 171 Å².